The Kier molecular flexibility index (Phi) is 4.01. The summed E-state index contributed by atoms with van der Waals surface area (Å²) in [6.07, 6.45) is 1.10. The van der Waals surface area contributed by atoms with Gasteiger partial charge in [-0.2, -0.15) is 0 Å². The van der Waals surface area contributed by atoms with Crippen molar-refractivity contribution in [1.29, 1.82) is 0 Å². The van der Waals surface area contributed by atoms with Crippen LogP contribution >= 0.6 is 24.4 Å². The van der Waals surface area contributed by atoms with Crippen LogP contribution in [0, 0.1) is 9.02 Å². The van der Waals surface area contributed by atoms with Crippen molar-refractivity contribution in [3.8, 4) is 0 Å². The summed E-state index contributed by atoms with van der Waals surface area (Å²) in [5.41, 5.74) is 2.18. The second-order valence-corrected chi connectivity index (χ2v) is 4.14. The van der Waals surface area contributed by atoms with Gasteiger partial charge in [0, 0.05) is 20.1 Å². The maximum absolute atomic E-state index is 5.22. The molecule has 0 bridgehead atoms. The van der Waals surface area contributed by atoms with Crippen LogP contribution < -0.4 is 10.2 Å². The highest BCUT2D eigenvalue weighted by Crippen LogP contribution is 2.34. The average molecular weight is 228 g/mol. The molecule has 14 heavy (non-hydrogen) atoms. The number of nitrogens with one attached hydrogen (secondary N) is 1. The Morgan fingerprint density at radius 3 is 2.36 bits per heavy atom. The molecule has 0 spiro atoms. The summed E-state index contributed by atoms with van der Waals surface area (Å²) in [7, 11) is 2.04. The van der Waals surface area contributed by atoms with Gasteiger partial charge in [0.2, 0.25) is 0 Å². The molecule has 1 aromatic carbocycles. The molecular formula is C10H16N2S2. The fourth-order valence-corrected chi connectivity index (χ4v) is 1.94. The summed E-state index contributed by atoms with van der Waals surface area (Å²) in [4.78, 5) is 2.14. The lowest BCUT2D eigenvalue weighted by Gasteiger charge is -2.24. The van der Waals surface area contributed by atoms with Crippen molar-refractivity contribution in [3.05, 3.63) is 9.02 Å². The zero-order chi connectivity index (χ0) is 10.7. The molecule has 1 aromatic rings. The number of anilines is 2. The molecule has 0 aromatic heterocycles. The Bertz CT molecular complexity index is 377. The van der Waals surface area contributed by atoms with Crippen LogP contribution in [-0.2, 0) is 0 Å². The van der Waals surface area contributed by atoms with E-state index in [0.29, 0.717) is 0 Å². The van der Waals surface area contributed by atoms with Crippen molar-refractivity contribution in [2.45, 2.75) is 20.3 Å². The van der Waals surface area contributed by atoms with Gasteiger partial charge in [-0.1, -0.05) is 31.4 Å². The van der Waals surface area contributed by atoms with E-state index < -0.39 is 0 Å². The molecule has 0 radical (unpaired) electrons. The van der Waals surface area contributed by atoms with Crippen molar-refractivity contribution < 1.29 is 0 Å². The number of rotatable bonds is 5. The molecule has 0 aliphatic heterocycles. The maximum atomic E-state index is 5.22. The molecule has 0 amide bonds. The molecule has 4 heteroatoms. The Balaban J connectivity index is 2.89. The summed E-state index contributed by atoms with van der Waals surface area (Å²) in [5.74, 6) is 0. The second kappa shape index (κ2) is 4.84. The highest BCUT2D eigenvalue weighted by atomic mass is 32.1. The van der Waals surface area contributed by atoms with Crippen LogP contribution in [0.5, 0.6) is 0 Å². The summed E-state index contributed by atoms with van der Waals surface area (Å²) >= 11 is 10.4. The van der Waals surface area contributed by atoms with Crippen molar-refractivity contribution in [3.63, 3.8) is 0 Å². The van der Waals surface area contributed by atoms with Crippen molar-refractivity contribution in [2.75, 3.05) is 30.4 Å². The number of hydrogen-bond acceptors (Lipinski definition) is 4. The van der Waals surface area contributed by atoms with Crippen LogP contribution in [0.2, 0.25) is 0 Å². The van der Waals surface area contributed by atoms with Gasteiger partial charge in [-0.05, 0) is 13.3 Å². The Hall–Kier alpha value is -0.480. The van der Waals surface area contributed by atoms with Crippen LogP contribution in [0.1, 0.15) is 20.3 Å². The summed E-state index contributed by atoms with van der Waals surface area (Å²) in [6, 6.07) is 0. The highest BCUT2D eigenvalue weighted by Gasteiger charge is 2.16. The van der Waals surface area contributed by atoms with E-state index in [4.69, 9.17) is 24.4 Å². The Labute approximate surface area is 95.6 Å². The molecule has 0 unspecified atom stereocenters. The number of hydrogen-bond donors (Lipinski definition) is 1. The van der Waals surface area contributed by atoms with Gasteiger partial charge in [-0.3, -0.25) is 0 Å². The van der Waals surface area contributed by atoms with Crippen LogP contribution in [0.3, 0.4) is 0 Å². The van der Waals surface area contributed by atoms with Crippen LogP contribution in [0.4, 0.5) is 11.4 Å². The fraction of sp³-hybridized carbons (Fsp3) is 0.600. The minimum absolute atomic E-state index is 0.823. The van der Waals surface area contributed by atoms with Crippen LogP contribution in [0.15, 0.2) is 0 Å². The third kappa shape index (κ3) is 1.96. The third-order valence-electron chi connectivity index (χ3n) is 2.29. The molecular weight excluding hydrogens is 212 g/mol. The lowest BCUT2D eigenvalue weighted by atomic mass is 10.2. The molecule has 0 aliphatic carbocycles. The molecule has 2 nitrogen and oxygen atoms in total. The summed E-state index contributed by atoms with van der Waals surface area (Å²) in [5, 5.41) is 3.32. The molecule has 0 saturated heterocycles. The minimum Gasteiger partial charge on any atom is -0.382 e. The first-order valence-corrected chi connectivity index (χ1v) is 5.73. The first-order chi connectivity index (χ1) is 6.63. The van der Waals surface area contributed by atoms with E-state index in [0.717, 1.165) is 39.9 Å². The average Bonchev–Trinajstić information content (AvgIpc) is 2.21. The molecule has 1 rings (SSSR count). The molecule has 0 saturated carbocycles. The summed E-state index contributed by atoms with van der Waals surface area (Å²) < 4.78 is 1.66. The van der Waals surface area contributed by atoms with Crippen molar-refractivity contribution >= 4 is 35.8 Å². The number of nitrogens with zero attached hydrogens (tertiary/aromatic N) is 1. The van der Waals surface area contributed by atoms with Gasteiger partial charge in [0.1, 0.15) is 0 Å². The first-order valence-electron chi connectivity index (χ1n) is 4.91. The van der Waals surface area contributed by atoms with Crippen molar-refractivity contribution in [2.24, 2.45) is 0 Å². The maximum Gasteiger partial charge on any atom is 0.0834 e. The van der Waals surface area contributed by atoms with E-state index in [1.165, 1.54) is 0 Å². The standard InChI is InChI=1S/C10H16N2S2/c1-4-6-11-7-8(12(3)5-2)10(14)9(7)13/h11H,4-6H2,1-3H3. The lowest BCUT2D eigenvalue weighted by Crippen LogP contribution is -2.21. The first kappa shape index (κ1) is 11.6. The topological polar surface area (TPSA) is 15.3 Å². The predicted molar refractivity (Wildman–Crippen MR) is 68.2 cm³/mol. The van der Waals surface area contributed by atoms with Gasteiger partial charge in [-0.15, -0.1) is 0 Å². The monoisotopic (exact) mass is 228 g/mol. The van der Waals surface area contributed by atoms with E-state index in [1.54, 1.807) is 0 Å². The summed E-state index contributed by atoms with van der Waals surface area (Å²) in [6.45, 7) is 6.15. The van der Waals surface area contributed by atoms with Gasteiger partial charge in [0.15, 0.2) is 0 Å². The smallest absolute Gasteiger partial charge is 0.0834 e. The minimum atomic E-state index is 0.823. The normalized spacial score (nSPS) is 10.5. The zero-order valence-electron chi connectivity index (χ0n) is 8.89. The molecule has 0 fully saturated rings. The van der Waals surface area contributed by atoms with Gasteiger partial charge >= 0.3 is 0 Å². The molecule has 0 heterocycles. The second-order valence-electron chi connectivity index (χ2n) is 3.32. The predicted octanol–water partition coefficient (Wildman–Crippen LogP) is 3.30. The van der Waals surface area contributed by atoms with E-state index >= 15 is 0 Å². The fourth-order valence-electron chi connectivity index (χ4n) is 1.32. The Morgan fingerprint density at radius 2 is 1.86 bits per heavy atom. The quantitative estimate of drug-likeness (QED) is 0.777. The van der Waals surface area contributed by atoms with Crippen LogP contribution in [0.25, 0.3) is 0 Å². The molecule has 0 aliphatic rings. The van der Waals surface area contributed by atoms with Crippen molar-refractivity contribution in [1.82, 2.24) is 0 Å². The third-order valence-corrected chi connectivity index (χ3v) is 3.23. The van der Waals surface area contributed by atoms with E-state index in [-0.39, 0.29) is 0 Å². The van der Waals surface area contributed by atoms with E-state index in [9.17, 15) is 0 Å². The zero-order valence-corrected chi connectivity index (χ0v) is 10.5. The van der Waals surface area contributed by atoms with Gasteiger partial charge in [-0.25, -0.2) is 0 Å². The molecule has 78 valence electrons. The van der Waals surface area contributed by atoms with Gasteiger partial charge in [0.05, 0.1) is 20.4 Å². The Morgan fingerprint density at radius 1 is 1.21 bits per heavy atom. The van der Waals surface area contributed by atoms with E-state index in [1.807, 2.05) is 7.05 Å². The lowest BCUT2D eigenvalue weighted by molar-refractivity contribution is 0.941. The van der Waals surface area contributed by atoms with Gasteiger partial charge < -0.3 is 10.2 Å². The van der Waals surface area contributed by atoms with Gasteiger partial charge in [0.25, 0.3) is 0 Å². The molecule has 0 atom stereocenters. The van der Waals surface area contributed by atoms with Crippen LogP contribution in [-0.4, -0.2) is 20.1 Å². The van der Waals surface area contributed by atoms with E-state index in [2.05, 4.69) is 24.1 Å². The highest BCUT2D eigenvalue weighted by molar-refractivity contribution is 7.74. The SMILES string of the molecule is CCCNc1c(N(C)CC)c(=S)c1=S. The molecule has 1 N–H and O–H groups in total. The largest absolute Gasteiger partial charge is 0.382 e.